The van der Waals surface area contributed by atoms with E-state index in [1.54, 1.807) is 19.2 Å². The first kappa shape index (κ1) is 20.6. The van der Waals surface area contributed by atoms with Gasteiger partial charge in [-0.1, -0.05) is 31.2 Å². The van der Waals surface area contributed by atoms with E-state index in [0.29, 0.717) is 6.54 Å². The van der Waals surface area contributed by atoms with Gasteiger partial charge in [0.15, 0.2) is 0 Å². The maximum absolute atomic E-state index is 9.60. The van der Waals surface area contributed by atoms with Crippen LogP contribution >= 0.6 is 11.3 Å². The molecule has 0 aliphatic carbocycles. The Kier molecular flexibility index (Phi) is 6.67. The van der Waals surface area contributed by atoms with Gasteiger partial charge in [0.25, 0.3) is 0 Å². The fourth-order valence-corrected chi connectivity index (χ4v) is 3.68. The van der Waals surface area contributed by atoms with Gasteiger partial charge in [0.05, 0.1) is 25.1 Å². The Bertz CT molecular complexity index is 1090. The quantitative estimate of drug-likeness (QED) is 0.439. The number of nitrogens with zero attached hydrogens (tertiary/aromatic N) is 3. The summed E-state index contributed by atoms with van der Waals surface area (Å²) in [4.78, 5) is 5.49. The van der Waals surface area contributed by atoms with Crippen LogP contribution in [-0.2, 0) is 0 Å². The van der Waals surface area contributed by atoms with Crippen molar-refractivity contribution in [2.24, 2.45) is 10.1 Å². The molecule has 6 heteroatoms. The van der Waals surface area contributed by atoms with Gasteiger partial charge in [-0.05, 0) is 55.3 Å². The number of methoxy groups -OCH3 is 1. The van der Waals surface area contributed by atoms with Crippen molar-refractivity contribution in [3.8, 4) is 22.8 Å². The van der Waals surface area contributed by atoms with E-state index >= 15 is 0 Å². The van der Waals surface area contributed by atoms with Crippen LogP contribution in [0.3, 0.4) is 0 Å². The van der Waals surface area contributed by atoms with Crippen LogP contribution in [0.25, 0.3) is 11.3 Å². The van der Waals surface area contributed by atoms with Crippen molar-refractivity contribution >= 4 is 17.0 Å². The van der Waals surface area contributed by atoms with Crippen molar-refractivity contribution in [2.75, 3.05) is 13.7 Å². The first-order valence-electron chi connectivity index (χ1n) is 9.39. The Morgan fingerprint density at radius 3 is 2.55 bits per heavy atom. The molecule has 0 amide bonds. The van der Waals surface area contributed by atoms with Gasteiger partial charge in [-0.3, -0.25) is 4.99 Å². The number of thiazole rings is 1. The highest BCUT2D eigenvalue weighted by atomic mass is 32.1. The van der Waals surface area contributed by atoms with E-state index in [1.807, 2.05) is 53.4 Å². The lowest BCUT2D eigenvalue weighted by Crippen LogP contribution is -2.16. The molecule has 5 nitrogen and oxygen atoms in total. The van der Waals surface area contributed by atoms with Gasteiger partial charge in [-0.2, -0.15) is 5.10 Å². The lowest BCUT2D eigenvalue weighted by atomic mass is 10.1. The Balaban J connectivity index is 2.21. The summed E-state index contributed by atoms with van der Waals surface area (Å²) >= 11 is 1.53. The molecule has 3 rings (SSSR count). The topological polar surface area (TPSA) is 59.1 Å². The van der Waals surface area contributed by atoms with E-state index in [0.717, 1.165) is 45.1 Å². The van der Waals surface area contributed by atoms with E-state index in [9.17, 15) is 5.11 Å². The summed E-state index contributed by atoms with van der Waals surface area (Å²) in [5, 5.41) is 16.6. The summed E-state index contributed by atoms with van der Waals surface area (Å²) in [6.45, 7) is 8.51. The first-order valence-corrected chi connectivity index (χ1v) is 10.3. The summed E-state index contributed by atoms with van der Waals surface area (Å²) in [6, 6.07) is 15.0. The van der Waals surface area contributed by atoms with Gasteiger partial charge in [0.2, 0.25) is 4.80 Å². The molecule has 0 spiro atoms. The minimum absolute atomic E-state index is 0.235. The first-order chi connectivity index (χ1) is 14.0. The molecule has 0 bridgehead atoms. The van der Waals surface area contributed by atoms with Crippen LogP contribution < -0.4 is 9.54 Å². The van der Waals surface area contributed by atoms with Crippen molar-refractivity contribution in [3.63, 3.8) is 0 Å². The van der Waals surface area contributed by atoms with Crippen molar-refractivity contribution in [1.82, 2.24) is 4.68 Å². The third-order valence-corrected chi connectivity index (χ3v) is 5.16. The van der Waals surface area contributed by atoms with E-state index in [4.69, 9.17) is 14.8 Å². The molecular weight excluding hydrogens is 382 g/mol. The van der Waals surface area contributed by atoms with Gasteiger partial charge in [-0.25, -0.2) is 4.68 Å². The Labute approximate surface area is 175 Å². The normalized spacial score (nSPS) is 12.2. The number of hydrogen-bond donors (Lipinski definition) is 1. The second kappa shape index (κ2) is 9.39. The summed E-state index contributed by atoms with van der Waals surface area (Å²) in [5.41, 5.74) is 4.71. The van der Waals surface area contributed by atoms with E-state index in [2.05, 4.69) is 13.5 Å². The number of benzene rings is 2. The molecule has 1 N–H and O–H groups in total. The zero-order chi connectivity index (χ0) is 20.8. The van der Waals surface area contributed by atoms with Crippen LogP contribution in [0.4, 0.5) is 0 Å². The van der Waals surface area contributed by atoms with Crippen LogP contribution in [-0.4, -0.2) is 29.1 Å². The average Bonchev–Trinajstić information content (AvgIpc) is 3.13. The molecule has 0 radical (unpaired) electrons. The molecule has 3 aromatic rings. The third kappa shape index (κ3) is 4.84. The SMILES string of the molecule is C=C(C)CN=c1scc(-c2ccccc2OC)n1N=C(CC)c1ccc(O)cc1. The van der Waals surface area contributed by atoms with Gasteiger partial charge in [0, 0.05) is 10.9 Å². The summed E-state index contributed by atoms with van der Waals surface area (Å²) in [6.07, 6.45) is 0.735. The third-order valence-electron chi connectivity index (χ3n) is 4.31. The van der Waals surface area contributed by atoms with Gasteiger partial charge < -0.3 is 9.84 Å². The van der Waals surface area contributed by atoms with Crippen LogP contribution in [0.15, 0.2) is 76.2 Å². The number of rotatable bonds is 7. The molecular formula is C23H25N3O2S. The maximum Gasteiger partial charge on any atom is 0.206 e. The van der Waals surface area contributed by atoms with Crippen molar-refractivity contribution in [1.29, 1.82) is 0 Å². The minimum atomic E-state index is 0.235. The smallest absolute Gasteiger partial charge is 0.206 e. The molecule has 150 valence electrons. The van der Waals surface area contributed by atoms with E-state index in [1.165, 1.54) is 11.3 Å². The van der Waals surface area contributed by atoms with Gasteiger partial charge in [0.1, 0.15) is 11.5 Å². The molecule has 1 aromatic heterocycles. The molecule has 29 heavy (non-hydrogen) atoms. The second-order valence-electron chi connectivity index (χ2n) is 6.64. The van der Waals surface area contributed by atoms with E-state index < -0.39 is 0 Å². The summed E-state index contributed by atoms with van der Waals surface area (Å²) in [5.74, 6) is 1.02. The number of aromatic hydroxyl groups is 1. The minimum Gasteiger partial charge on any atom is -0.508 e. The van der Waals surface area contributed by atoms with Crippen LogP contribution in [0.1, 0.15) is 25.8 Å². The summed E-state index contributed by atoms with van der Waals surface area (Å²) in [7, 11) is 1.67. The number of hydrogen-bond acceptors (Lipinski definition) is 5. The fourth-order valence-electron chi connectivity index (χ4n) is 2.86. The molecule has 1 heterocycles. The predicted octanol–water partition coefficient (Wildman–Crippen LogP) is 5.07. The molecule has 0 fully saturated rings. The molecule has 0 aliphatic heterocycles. The summed E-state index contributed by atoms with van der Waals surface area (Å²) < 4.78 is 7.43. The maximum atomic E-state index is 9.60. The standard InChI is InChI=1S/C23H25N3O2S/c1-5-20(17-10-12-18(27)13-11-17)25-26-21(15-29-23(26)24-14-16(2)3)19-8-6-7-9-22(19)28-4/h6-13,15,27H,2,5,14H2,1,3-4H3. The number of aromatic nitrogens is 1. The molecule has 0 saturated carbocycles. The van der Waals surface area contributed by atoms with Gasteiger partial charge in [-0.15, -0.1) is 11.3 Å². The molecule has 2 aromatic carbocycles. The zero-order valence-electron chi connectivity index (χ0n) is 16.9. The molecule has 0 saturated heterocycles. The monoisotopic (exact) mass is 407 g/mol. The van der Waals surface area contributed by atoms with Crippen molar-refractivity contribution in [2.45, 2.75) is 20.3 Å². The highest BCUT2D eigenvalue weighted by Crippen LogP contribution is 2.30. The molecule has 0 atom stereocenters. The zero-order valence-corrected chi connectivity index (χ0v) is 17.7. The Morgan fingerprint density at radius 2 is 1.90 bits per heavy atom. The van der Waals surface area contributed by atoms with Crippen molar-refractivity contribution < 1.29 is 9.84 Å². The van der Waals surface area contributed by atoms with E-state index in [-0.39, 0.29) is 5.75 Å². The highest BCUT2D eigenvalue weighted by Gasteiger charge is 2.13. The second-order valence-corrected chi connectivity index (χ2v) is 7.47. The number of para-hydroxylation sites is 1. The van der Waals surface area contributed by atoms with Gasteiger partial charge >= 0.3 is 0 Å². The highest BCUT2D eigenvalue weighted by molar-refractivity contribution is 7.07. The largest absolute Gasteiger partial charge is 0.508 e. The van der Waals surface area contributed by atoms with Crippen molar-refractivity contribution in [3.05, 3.63) is 76.4 Å². The fraction of sp³-hybridized carbons (Fsp3) is 0.217. The lowest BCUT2D eigenvalue weighted by molar-refractivity contribution is 0.416. The number of phenolic OH excluding ortho intramolecular Hbond substituents is 1. The number of phenols is 1. The van der Waals surface area contributed by atoms with Crippen LogP contribution in [0.5, 0.6) is 11.5 Å². The molecule has 0 aliphatic rings. The Morgan fingerprint density at radius 1 is 1.17 bits per heavy atom. The lowest BCUT2D eigenvalue weighted by Gasteiger charge is -2.11. The Hall–Kier alpha value is -3.12. The molecule has 0 unspecified atom stereocenters. The van der Waals surface area contributed by atoms with Crippen LogP contribution in [0, 0.1) is 0 Å². The van der Waals surface area contributed by atoms with Crippen LogP contribution in [0.2, 0.25) is 0 Å². The number of ether oxygens (including phenoxy) is 1. The predicted molar refractivity (Wildman–Crippen MR) is 120 cm³/mol. The average molecular weight is 408 g/mol.